The lowest BCUT2D eigenvalue weighted by Gasteiger charge is -2.41. The fraction of sp³-hybridized carbons (Fsp3) is 0.651. The Kier molecular flexibility index (Phi) is 17.4. The minimum atomic E-state index is -0.785. The van der Waals surface area contributed by atoms with Crippen LogP contribution in [0, 0.1) is 23.7 Å². The van der Waals surface area contributed by atoms with Crippen LogP contribution in [0.15, 0.2) is 42.5 Å². The first-order valence-electron chi connectivity index (χ1n) is 20.0. The number of nitrogens with one attached hydrogen (secondary N) is 2. The maximum absolute atomic E-state index is 14.3. The summed E-state index contributed by atoms with van der Waals surface area (Å²) in [5.74, 6) is -2.22. The number of nitrogens with two attached hydrogens (primary N) is 1. The highest BCUT2D eigenvalue weighted by Crippen LogP contribution is 2.29. The second-order valence-electron chi connectivity index (χ2n) is 16.5. The molecule has 9 atom stereocenters. The highest BCUT2D eigenvalue weighted by atomic mass is 16.5. The van der Waals surface area contributed by atoms with Gasteiger partial charge < -0.3 is 35.6 Å². The molecule has 0 radical (unpaired) electrons. The number of hydrogen-bond acceptors (Lipinski definition) is 9. The molecule has 4 N–H and O–H groups in total. The Labute approximate surface area is 334 Å². The summed E-state index contributed by atoms with van der Waals surface area (Å²) in [4.78, 5) is 73.7. The van der Waals surface area contributed by atoms with Gasteiger partial charge in [0.25, 0.3) is 0 Å². The third-order valence-electron chi connectivity index (χ3n) is 11.5. The SMILES string of the molecule is CC[C@H](C)C([C@@H](CC(=O)N1C[C@@H](N)C[C@H]1[C@H](OC)[C@@H](C)C(=O)NCC(=O)c1ccc2ccccc2c1)OC)N(C)C(=O)[C@@H](NC(=O)C(C(C)C)N(C)C)C(C)C. The number of amides is 4. The molecule has 1 saturated heterocycles. The largest absolute Gasteiger partial charge is 0.379 e. The second-order valence-corrected chi connectivity index (χ2v) is 16.5. The van der Waals surface area contributed by atoms with E-state index in [0.29, 0.717) is 18.4 Å². The molecule has 56 heavy (non-hydrogen) atoms. The Hall–Kier alpha value is -3.91. The number of likely N-dealkylation sites (N-methyl/N-ethyl adjacent to an activating group) is 2. The van der Waals surface area contributed by atoms with Crippen molar-refractivity contribution in [2.75, 3.05) is 48.5 Å². The van der Waals surface area contributed by atoms with Crippen molar-refractivity contribution in [2.24, 2.45) is 29.4 Å². The van der Waals surface area contributed by atoms with E-state index in [1.54, 1.807) is 29.8 Å². The van der Waals surface area contributed by atoms with Crippen LogP contribution >= 0.6 is 0 Å². The number of ketones is 1. The lowest BCUT2D eigenvalue weighted by molar-refractivity contribution is -0.148. The molecule has 1 heterocycles. The van der Waals surface area contributed by atoms with Crippen molar-refractivity contribution < 1.29 is 33.4 Å². The number of ether oxygens (including phenoxy) is 2. The lowest BCUT2D eigenvalue weighted by Crippen LogP contribution is -2.59. The topological polar surface area (TPSA) is 164 Å². The highest BCUT2D eigenvalue weighted by molar-refractivity contribution is 6.02. The number of rotatable bonds is 20. The molecule has 3 rings (SSSR count). The van der Waals surface area contributed by atoms with Gasteiger partial charge in [-0.3, -0.25) is 28.9 Å². The van der Waals surface area contributed by atoms with Crippen LogP contribution in [-0.2, 0) is 28.7 Å². The first-order chi connectivity index (χ1) is 26.4. The zero-order valence-electron chi connectivity index (χ0n) is 35.7. The Morgan fingerprint density at radius 1 is 0.893 bits per heavy atom. The van der Waals surface area contributed by atoms with Gasteiger partial charge in [-0.15, -0.1) is 0 Å². The highest BCUT2D eigenvalue weighted by Gasteiger charge is 2.45. The van der Waals surface area contributed by atoms with E-state index in [1.165, 1.54) is 14.2 Å². The van der Waals surface area contributed by atoms with Crippen molar-refractivity contribution in [3.63, 3.8) is 0 Å². The number of nitrogens with zero attached hydrogens (tertiary/aromatic N) is 3. The second kappa shape index (κ2) is 21.0. The van der Waals surface area contributed by atoms with E-state index in [2.05, 4.69) is 10.6 Å². The average molecular weight is 781 g/mol. The zero-order chi connectivity index (χ0) is 42.0. The summed E-state index contributed by atoms with van der Waals surface area (Å²) in [6.45, 7) is 13.6. The molecule has 312 valence electrons. The zero-order valence-corrected chi connectivity index (χ0v) is 35.7. The van der Waals surface area contributed by atoms with Crippen LogP contribution in [-0.4, -0.2) is 135 Å². The fourth-order valence-electron chi connectivity index (χ4n) is 8.26. The third kappa shape index (κ3) is 11.4. The molecule has 2 aromatic carbocycles. The van der Waals surface area contributed by atoms with Gasteiger partial charge in [0, 0.05) is 39.4 Å². The number of likely N-dealkylation sites (tertiary alicyclic amines) is 1. The molecule has 0 bridgehead atoms. The minimum absolute atomic E-state index is 0.0326. The summed E-state index contributed by atoms with van der Waals surface area (Å²) in [6, 6.07) is 10.7. The van der Waals surface area contributed by atoms with Gasteiger partial charge in [0.2, 0.25) is 23.6 Å². The summed E-state index contributed by atoms with van der Waals surface area (Å²) in [5.41, 5.74) is 6.95. The van der Waals surface area contributed by atoms with E-state index in [1.807, 2.05) is 96.9 Å². The molecular formula is C43H68N6O7. The minimum Gasteiger partial charge on any atom is -0.379 e. The molecule has 0 spiro atoms. The van der Waals surface area contributed by atoms with E-state index >= 15 is 0 Å². The molecule has 13 heteroatoms. The monoisotopic (exact) mass is 781 g/mol. The number of carbonyl (C=O) groups is 5. The Morgan fingerprint density at radius 3 is 2.09 bits per heavy atom. The van der Waals surface area contributed by atoms with Gasteiger partial charge in [-0.1, -0.05) is 91.3 Å². The van der Waals surface area contributed by atoms with Gasteiger partial charge in [-0.2, -0.15) is 0 Å². The molecule has 0 saturated carbocycles. The van der Waals surface area contributed by atoms with Crippen LogP contribution < -0.4 is 16.4 Å². The van der Waals surface area contributed by atoms with Gasteiger partial charge >= 0.3 is 0 Å². The van der Waals surface area contributed by atoms with Crippen molar-refractivity contribution >= 4 is 40.2 Å². The van der Waals surface area contributed by atoms with E-state index < -0.39 is 42.3 Å². The smallest absolute Gasteiger partial charge is 0.245 e. The first-order valence-corrected chi connectivity index (χ1v) is 20.0. The summed E-state index contributed by atoms with van der Waals surface area (Å²) < 4.78 is 11.9. The Morgan fingerprint density at radius 2 is 1.54 bits per heavy atom. The Balaban J connectivity index is 1.77. The number of Topliss-reactive ketones (excluding diaryl/α,β-unsaturated/α-hetero) is 1. The van der Waals surface area contributed by atoms with Crippen LogP contribution in [0.5, 0.6) is 0 Å². The molecule has 1 aliphatic rings. The van der Waals surface area contributed by atoms with E-state index in [-0.39, 0.29) is 72.7 Å². The number of carbonyl (C=O) groups excluding carboxylic acids is 5. The van der Waals surface area contributed by atoms with Crippen LogP contribution in [0.1, 0.15) is 78.1 Å². The molecular weight excluding hydrogens is 713 g/mol. The average Bonchev–Trinajstić information content (AvgIpc) is 3.55. The van der Waals surface area contributed by atoms with Crippen LogP contribution in [0.4, 0.5) is 0 Å². The van der Waals surface area contributed by atoms with Gasteiger partial charge in [0.1, 0.15) is 6.04 Å². The van der Waals surface area contributed by atoms with E-state index in [0.717, 1.165) is 10.8 Å². The number of fused-ring (bicyclic) bond motifs is 1. The summed E-state index contributed by atoms with van der Waals surface area (Å²) in [7, 11) is 8.45. The molecule has 1 fully saturated rings. The van der Waals surface area contributed by atoms with Crippen molar-refractivity contribution in [2.45, 2.75) is 110 Å². The van der Waals surface area contributed by atoms with Gasteiger partial charge in [0.15, 0.2) is 5.78 Å². The molecule has 0 aliphatic carbocycles. The molecule has 1 aliphatic heterocycles. The van der Waals surface area contributed by atoms with Gasteiger partial charge in [-0.05, 0) is 55.1 Å². The normalized spacial score (nSPS) is 19.7. The molecule has 0 aromatic heterocycles. The van der Waals surface area contributed by atoms with Crippen LogP contribution in [0.25, 0.3) is 10.8 Å². The van der Waals surface area contributed by atoms with Crippen LogP contribution in [0.2, 0.25) is 0 Å². The lowest BCUT2D eigenvalue weighted by atomic mass is 9.89. The van der Waals surface area contributed by atoms with Crippen molar-refractivity contribution in [1.82, 2.24) is 25.3 Å². The quantitative estimate of drug-likeness (QED) is 0.170. The standard InChI is InChI=1S/C43H68N6O7/c1-13-27(6)39(48(10)43(54)37(25(2)3)46-42(53)38(26(4)5)47(8)9)35(55-11)22-36(51)49-24-32(44)21-33(49)40(56-12)28(7)41(52)45-23-34(50)31-19-18-29-16-14-15-17-30(29)20-31/h14-20,25-28,32-33,35,37-40H,13,21-24,44H2,1-12H3,(H,45,52)(H,46,53)/t27-,28+,32-,33-,35+,37-,38?,39?,40+/m0/s1. The number of benzene rings is 2. The van der Waals surface area contributed by atoms with Gasteiger partial charge in [0.05, 0.1) is 49.2 Å². The van der Waals surface area contributed by atoms with Crippen LogP contribution in [0.3, 0.4) is 0 Å². The van der Waals surface area contributed by atoms with E-state index in [9.17, 15) is 24.0 Å². The molecule has 2 aromatic rings. The molecule has 2 unspecified atom stereocenters. The predicted molar refractivity (Wildman–Crippen MR) is 220 cm³/mol. The molecule has 4 amide bonds. The maximum Gasteiger partial charge on any atom is 0.245 e. The maximum atomic E-state index is 14.3. The third-order valence-corrected chi connectivity index (χ3v) is 11.5. The number of hydrogen-bond donors (Lipinski definition) is 3. The van der Waals surface area contributed by atoms with Crippen molar-refractivity contribution in [1.29, 1.82) is 0 Å². The Bertz CT molecular complexity index is 1640. The fourth-order valence-corrected chi connectivity index (χ4v) is 8.26. The summed E-state index contributed by atoms with van der Waals surface area (Å²) >= 11 is 0. The first kappa shape index (κ1) is 46.5. The molecule has 13 nitrogen and oxygen atoms in total. The van der Waals surface area contributed by atoms with Crippen molar-refractivity contribution in [3.8, 4) is 0 Å². The number of methoxy groups -OCH3 is 2. The predicted octanol–water partition coefficient (Wildman–Crippen LogP) is 3.72. The summed E-state index contributed by atoms with van der Waals surface area (Å²) in [6.07, 6.45) is -0.294. The summed E-state index contributed by atoms with van der Waals surface area (Å²) in [5, 5.41) is 7.76. The van der Waals surface area contributed by atoms with Gasteiger partial charge in [-0.25, -0.2) is 0 Å². The van der Waals surface area contributed by atoms with Crippen molar-refractivity contribution in [3.05, 3.63) is 48.0 Å². The van der Waals surface area contributed by atoms with E-state index in [4.69, 9.17) is 15.2 Å².